The average Bonchev–Trinajstić information content (AvgIpc) is 3.21. The first-order valence-corrected chi connectivity index (χ1v) is 9.87. The van der Waals surface area contributed by atoms with E-state index in [1.54, 1.807) is 24.3 Å². The van der Waals surface area contributed by atoms with Crippen molar-refractivity contribution in [1.29, 1.82) is 0 Å². The Kier molecular flexibility index (Phi) is 5.67. The van der Waals surface area contributed by atoms with Gasteiger partial charge >= 0.3 is 5.97 Å². The maximum atomic E-state index is 12.7. The molecule has 152 valence electrons. The van der Waals surface area contributed by atoms with E-state index in [-0.39, 0.29) is 11.9 Å². The molecule has 1 amide bonds. The van der Waals surface area contributed by atoms with Crippen LogP contribution in [0.5, 0.6) is 11.5 Å². The van der Waals surface area contributed by atoms with E-state index in [0.717, 1.165) is 36.4 Å². The van der Waals surface area contributed by atoms with Crippen LogP contribution in [0.2, 0.25) is 0 Å². The third-order valence-corrected chi connectivity index (χ3v) is 5.45. The third-order valence-electron chi connectivity index (χ3n) is 5.45. The molecule has 7 nitrogen and oxygen atoms in total. The molecule has 4 rings (SSSR count). The molecule has 0 saturated carbocycles. The molecular weight excluding hydrogens is 372 g/mol. The molecule has 2 atom stereocenters. The number of esters is 1. The van der Waals surface area contributed by atoms with Crippen LogP contribution in [0.25, 0.3) is 0 Å². The molecule has 0 bridgehead atoms. The van der Waals surface area contributed by atoms with Crippen LogP contribution in [0.1, 0.15) is 34.8 Å². The van der Waals surface area contributed by atoms with Gasteiger partial charge in [0.25, 0.3) is 5.91 Å². The number of quaternary nitrogens is 1. The molecule has 2 aromatic rings. The summed E-state index contributed by atoms with van der Waals surface area (Å²) in [4.78, 5) is 25.8. The van der Waals surface area contributed by atoms with Crippen LogP contribution in [-0.2, 0) is 9.53 Å². The lowest BCUT2D eigenvalue weighted by Crippen LogP contribution is -3.11. The number of hydrogen-bond acceptors (Lipinski definition) is 5. The zero-order valence-corrected chi connectivity index (χ0v) is 16.4. The first-order valence-electron chi connectivity index (χ1n) is 9.87. The SMILES string of the molecule is COC(=O)c1ccccc1NC(=O)C[NH+]1CCC[C@H]1c1ccc2c(c1)OCCO2. The number of carbonyl (C=O) groups excluding carboxylic acids is 2. The maximum absolute atomic E-state index is 12.7. The van der Waals surface area contributed by atoms with Crippen molar-refractivity contribution >= 4 is 17.6 Å². The summed E-state index contributed by atoms with van der Waals surface area (Å²) in [6, 6.07) is 13.2. The lowest BCUT2D eigenvalue weighted by molar-refractivity contribution is -0.910. The highest BCUT2D eigenvalue weighted by atomic mass is 16.6. The Hall–Kier alpha value is -3.06. The van der Waals surface area contributed by atoms with E-state index in [0.29, 0.717) is 31.0 Å². The molecule has 0 aliphatic carbocycles. The fraction of sp³-hybridized carbons (Fsp3) is 0.364. The van der Waals surface area contributed by atoms with E-state index < -0.39 is 5.97 Å². The molecule has 2 aliphatic rings. The zero-order chi connectivity index (χ0) is 20.2. The molecule has 0 radical (unpaired) electrons. The van der Waals surface area contributed by atoms with Gasteiger partial charge in [-0.15, -0.1) is 0 Å². The highest BCUT2D eigenvalue weighted by Crippen LogP contribution is 2.33. The van der Waals surface area contributed by atoms with Crippen molar-refractivity contribution in [3.8, 4) is 11.5 Å². The number of benzene rings is 2. The second-order valence-corrected chi connectivity index (χ2v) is 7.27. The summed E-state index contributed by atoms with van der Waals surface area (Å²) in [7, 11) is 1.33. The van der Waals surface area contributed by atoms with Gasteiger partial charge in [0.05, 0.1) is 24.9 Å². The van der Waals surface area contributed by atoms with Crippen molar-refractivity contribution in [1.82, 2.24) is 0 Å². The monoisotopic (exact) mass is 397 g/mol. The summed E-state index contributed by atoms with van der Waals surface area (Å²) >= 11 is 0. The number of methoxy groups -OCH3 is 1. The van der Waals surface area contributed by atoms with Crippen LogP contribution >= 0.6 is 0 Å². The molecule has 29 heavy (non-hydrogen) atoms. The van der Waals surface area contributed by atoms with Crippen molar-refractivity contribution in [2.45, 2.75) is 18.9 Å². The molecule has 2 N–H and O–H groups in total. The van der Waals surface area contributed by atoms with E-state index in [9.17, 15) is 9.59 Å². The summed E-state index contributed by atoms with van der Waals surface area (Å²) in [6.45, 7) is 2.37. The highest BCUT2D eigenvalue weighted by molar-refractivity contribution is 6.01. The molecule has 2 aliphatic heterocycles. The van der Waals surface area contributed by atoms with Gasteiger partial charge in [0.15, 0.2) is 18.0 Å². The van der Waals surface area contributed by atoms with Gasteiger partial charge in [0.2, 0.25) is 0 Å². The minimum absolute atomic E-state index is 0.124. The lowest BCUT2D eigenvalue weighted by Gasteiger charge is -2.24. The second-order valence-electron chi connectivity index (χ2n) is 7.27. The summed E-state index contributed by atoms with van der Waals surface area (Å²) in [5.41, 5.74) is 1.98. The van der Waals surface area contributed by atoms with Gasteiger partial charge in [0.1, 0.15) is 19.3 Å². The molecule has 2 heterocycles. The molecule has 2 aromatic carbocycles. The van der Waals surface area contributed by atoms with E-state index in [1.165, 1.54) is 12.0 Å². The number of amides is 1. The Morgan fingerprint density at radius 1 is 1.14 bits per heavy atom. The largest absolute Gasteiger partial charge is 0.486 e. The minimum Gasteiger partial charge on any atom is -0.486 e. The first kappa shape index (κ1) is 19.3. The van der Waals surface area contributed by atoms with E-state index >= 15 is 0 Å². The quantitative estimate of drug-likeness (QED) is 0.750. The molecule has 0 spiro atoms. The highest BCUT2D eigenvalue weighted by Gasteiger charge is 2.32. The fourth-order valence-corrected chi connectivity index (χ4v) is 4.08. The fourth-order valence-electron chi connectivity index (χ4n) is 4.08. The number of para-hydroxylation sites is 1. The lowest BCUT2D eigenvalue weighted by atomic mass is 10.0. The molecule has 1 fully saturated rings. The Labute approximate surface area is 169 Å². The number of ether oxygens (including phenoxy) is 3. The molecular formula is C22H25N2O5+. The van der Waals surface area contributed by atoms with Crippen LogP contribution in [-0.4, -0.2) is 45.3 Å². The van der Waals surface area contributed by atoms with Gasteiger partial charge < -0.3 is 24.4 Å². The van der Waals surface area contributed by atoms with E-state index in [4.69, 9.17) is 14.2 Å². The molecule has 1 unspecified atom stereocenters. The Bertz CT molecular complexity index is 914. The summed E-state index contributed by atoms with van der Waals surface area (Å²) in [5, 5.41) is 2.87. The van der Waals surface area contributed by atoms with Crippen molar-refractivity contribution in [2.75, 3.05) is 38.7 Å². The number of fused-ring (bicyclic) bond motifs is 1. The van der Waals surface area contributed by atoms with Gasteiger partial charge in [-0.3, -0.25) is 4.79 Å². The normalized spacial score (nSPS) is 20.2. The number of likely N-dealkylation sites (tertiary alicyclic amines) is 1. The first-order chi connectivity index (χ1) is 14.2. The predicted octanol–water partition coefficient (Wildman–Crippen LogP) is 1.60. The minimum atomic E-state index is -0.469. The maximum Gasteiger partial charge on any atom is 0.339 e. The smallest absolute Gasteiger partial charge is 0.339 e. The standard InChI is InChI=1S/C22H24N2O5/c1-27-22(26)16-5-2-3-6-17(16)23-21(25)14-24-10-4-7-18(24)15-8-9-19-20(13-15)29-12-11-28-19/h2-3,5-6,8-9,13,18H,4,7,10-12,14H2,1H3,(H,23,25)/p+1/t18-/m0/s1. The topological polar surface area (TPSA) is 78.3 Å². The van der Waals surface area contributed by atoms with Crippen LogP contribution in [0, 0.1) is 0 Å². The molecule has 0 aromatic heterocycles. The molecule has 1 saturated heterocycles. The van der Waals surface area contributed by atoms with Crippen LogP contribution < -0.4 is 19.7 Å². The van der Waals surface area contributed by atoms with Crippen molar-refractivity contribution in [3.05, 3.63) is 53.6 Å². The van der Waals surface area contributed by atoms with E-state index in [1.807, 2.05) is 12.1 Å². The Morgan fingerprint density at radius 2 is 1.93 bits per heavy atom. The van der Waals surface area contributed by atoms with Gasteiger partial charge in [-0.2, -0.15) is 0 Å². The van der Waals surface area contributed by atoms with Crippen LogP contribution in [0.4, 0.5) is 5.69 Å². The summed E-state index contributed by atoms with van der Waals surface area (Å²) < 4.78 is 16.1. The third kappa shape index (κ3) is 4.19. The van der Waals surface area contributed by atoms with Crippen molar-refractivity contribution in [3.63, 3.8) is 0 Å². The number of hydrogen-bond donors (Lipinski definition) is 2. The number of carbonyl (C=O) groups is 2. The second kappa shape index (κ2) is 8.53. The summed E-state index contributed by atoms with van der Waals surface area (Å²) in [5.74, 6) is 0.956. The van der Waals surface area contributed by atoms with Crippen LogP contribution in [0.15, 0.2) is 42.5 Å². The Morgan fingerprint density at radius 3 is 2.76 bits per heavy atom. The average molecular weight is 397 g/mol. The van der Waals surface area contributed by atoms with Gasteiger partial charge in [-0.05, 0) is 30.3 Å². The van der Waals surface area contributed by atoms with Crippen LogP contribution in [0.3, 0.4) is 0 Å². The van der Waals surface area contributed by atoms with Gasteiger partial charge in [-0.25, -0.2) is 4.79 Å². The number of rotatable bonds is 5. The summed E-state index contributed by atoms with van der Waals surface area (Å²) in [6.07, 6.45) is 2.07. The zero-order valence-electron chi connectivity index (χ0n) is 16.4. The number of anilines is 1. The van der Waals surface area contributed by atoms with Gasteiger partial charge in [0, 0.05) is 18.4 Å². The predicted molar refractivity (Wildman–Crippen MR) is 107 cm³/mol. The van der Waals surface area contributed by atoms with Crippen molar-refractivity contribution < 1.29 is 28.7 Å². The number of nitrogens with one attached hydrogen (secondary N) is 2. The van der Waals surface area contributed by atoms with E-state index in [2.05, 4.69) is 11.4 Å². The Balaban J connectivity index is 1.45. The van der Waals surface area contributed by atoms with Gasteiger partial charge in [-0.1, -0.05) is 12.1 Å². The molecule has 7 heteroatoms. The van der Waals surface area contributed by atoms with Crippen molar-refractivity contribution in [2.24, 2.45) is 0 Å².